The molecule has 24 heavy (non-hydrogen) atoms. The monoisotopic (exact) mass is 333 g/mol. The average molecular weight is 333 g/mol. The quantitative estimate of drug-likeness (QED) is 0.791. The van der Waals surface area contributed by atoms with Crippen LogP contribution < -0.4 is 0 Å². The van der Waals surface area contributed by atoms with Crippen molar-refractivity contribution in [2.45, 2.75) is 32.3 Å². The Balaban J connectivity index is 2.07. The predicted molar refractivity (Wildman–Crippen MR) is 79.6 cm³/mol. The Kier molecular flexibility index (Phi) is 3.87. The third-order valence-electron chi connectivity index (χ3n) is 4.09. The van der Waals surface area contributed by atoms with Crippen LogP contribution in [0.1, 0.15) is 32.3 Å². The van der Waals surface area contributed by atoms with E-state index in [-0.39, 0.29) is 23.1 Å². The van der Waals surface area contributed by atoms with E-state index in [4.69, 9.17) is 9.47 Å². The summed E-state index contributed by atoms with van der Waals surface area (Å²) in [4.78, 5) is 37.5. The van der Waals surface area contributed by atoms with Gasteiger partial charge in [-0.15, -0.1) is 0 Å². The lowest BCUT2D eigenvalue weighted by molar-refractivity contribution is -0.142. The number of benzene rings is 1. The SMILES string of the molecule is CC(=O)OC1=C(N2CCCC2=O)OC(C)(c2ccccc2F)C1=O. The Morgan fingerprint density at radius 2 is 2.04 bits per heavy atom. The topological polar surface area (TPSA) is 72.9 Å². The molecule has 1 aromatic carbocycles. The molecule has 0 aliphatic carbocycles. The van der Waals surface area contributed by atoms with Gasteiger partial charge < -0.3 is 9.47 Å². The number of amides is 1. The number of Topliss-reactive ketones (excluding diaryl/α,β-unsaturated/α-hetero) is 1. The molecule has 0 radical (unpaired) electrons. The zero-order valence-electron chi connectivity index (χ0n) is 13.3. The van der Waals surface area contributed by atoms with E-state index in [1.165, 1.54) is 30.0 Å². The molecule has 7 heteroatoms. The van der Waals surface area contributed by atoms with Gasteiger partial charge in [-0.25, -0.2) is 4.39 Å². The fourth-order valence-corrected chi connectivity index (χ4v) is 2.90. The van der Waals surface area contributed by atoms with E-state index in [1.54, 1.807) is 6.07 Å². The molecule has 126 valence electrons. The van der Waals surface area contributed by atoms with Gasteiger partial charge in [-0.05, 0) is 19.4 Å². The van der Waals surface area contributed by atoms with Crippen molar-refractivity contribution < 1.29 is 28.2 Å². The highest BCUT2D eigenvalue weighted by atomic mass is 19.1. The molecular weight excluding hydrogens is 317 g/mol. The maximum Gasteiger partial charge on any atom is 0.308 e. The molecule has 0 bridgehead atoms. The fraction of sp³-hybridized carbons (Fsp3) is 0.353. The van der Waals surface area contributed by atoms with Crippen molar-refractivity contribution in [2.24, 2.45) is 0 Å². The largest absolute Gasteiger partial charge is 0.456 e. The third kappa shape index (κ3) is 2.46. The summed E-state index contributed by atoms with van der Waals surface area (Å²) in [5.74, 6) is -2.75. The number of ether oxygens (including phenoxy) is 2. The lowest BCUT2D eigenvalue weighted by Crippen LogP contribution is -2.33. The molecular formula is C17H16FNO5. The maximum absolute atomic E-state index is 14.2. The van der Waals surface area contributed by atoms with Gasteiger partial charge in [-0.3, -0.25) is 19.3 Å². The van der Waals surface area contributed by atoms with E-state index in [2.05, 4.69) is 0 Å². The summed E-state index contributed by atoms with van der Waals surface area (Å²) in [5.41, 5.74) is -1.68. The minimum Gasteiger partial charge on any atom is -0.456 e. The zero-order chi connectivity index (χ0) is 17.5. The van der Waals surface area contributed by atoms with E-state index < -0.39 is 23.2 Å². The molecule has 1 atom stereocenters. The van der Waals surface area contributed by atoms with Gasteiger partial charge in [0.05, 0.1) is 0 Å². The molecule has 1 aromatic rings. The van der Waals surface area contributed by atoms with Crippen LogP contribution in [0.4, 0.5) is 4.39 Å². The van der Waals surface area contributed by atoms with Gasteiger partial charge in [-0.1, -0.05) is 18.2 Å². The Labute approximate surface area is 137 Å². The Bertz CT molecular complexity index is 772. The van der Waals surface area contributed by atoms with Crippen molar-refractivity contribution in [1.82, 2.24) is 4.90 Å². The zero-order valence-corrected chi connectivity index (χ0v) is 13.3. The first kappa shape index (κ1) is 16.2. The maximum atomic E-state index is 14.2. The van der Waals surface area contributed by atoms with Crippen molar-refractivity contribution >= 4 is 17.7 Å². The summed E-state index contributed by atoms with van der Waals surface area (Å²) in [6, 6.07) is 5.70. The molecule has 2 heterocycles. The molecule has 0 spiro atoms. The van der Waals surface area contributed by atoms with Crippen LogP contribution in [-0.2, 0) is 29.5 Å². The molecule has 2 aliphatic heterocycles. The Hall–Kier alpha value is -2.70. The predicted octanol–water partition coefficient (Wildman–Crippen LogP) is 1.99. The van der Waals surface area contributed by atoms with Crippen molar-refractivity contribution in [1.29, 1.82) is 0 Å². The summed E-state index contributed by atoms with van der Waals surface area (Å²) in [6.07, 6.45) is 0.911. The third-order valence-corrected chi connectivity index (χ3v) is 4.09. The Morgan fingerprint density at radius 1 is 1.33 bits per heavy atom. The minimum atomic E-state index is -1.70. The van der Waals surface area contributed by atoms with Crippen molar-refractivity contribution in [3.63, 3.8) is 0 Å². The highest BCUT2D eigenvalue weighted by Crippen LogP contribution is 2.42. The number of carbonyl (C=O) groups excluding carboxylic acids is 3. The molecule has 6 nitrogen and oxygen atoms in total. The molecule has 3 rings (SSSR count). The number of hydrogen-bond acceptors (Lipinski definition) is 5. The van der Waals surface area contributed by atoms with Crippen LogP contribution in [0.2, 0.25) is 0 Å². The number of likely N-dealkylation sites (tertiary alicyclic amines) is 1. The van der Waals surface area contributed by atoms with Crippen LogP contribution in [0, 0.1) is 5.82 Å². The summed E-state index contributed by atoms with van der Waals surface area (Å²) in [6.45, 7) is 2.88. The van der Waals surface area contributed by atoms with Crippen LogP contribution in [-0.4, -0.2) is 29.1 Å². The van der Waals surface area contributed by atoms with Crippen molar-refractivity contribution in [2.75, 3.05) is 6.54 Å². The number of rotatable bonds is 3. The summed E-state index contributed by atoms with van der Waals surface area (Å²) < 4.78 is 24.9. The molecule has 1 amide bonds. The van der Waals surface area contributed by atoms with Gasteiger partial charge in [0.2, 0.25) is 23.2 Å². The average Bonchev–Trinajstić information content (AvgIpc) is 3.04. The molecule has 0 aromatic heterocycles. The lowest BCUT2D eigenvalue weighted by Gasteiger charge is -2.26. The molecule has 1 saturated heterocycles. The van der Waals surface area contributed by atoms with Gasteiger partial charge in [0.25, 0.3) is 5.78 Å². The van der Waals surface area contributed by atoms with Crippen molar-refractivity contribution in [3.8, 4) is 0 Å². The number of carbonyl (C=O) groups is 3. The summed E-state index contributed by atoms with van der Waals surface area (Å²) >= 11 is 0. The van der Waals surface area contributed by atoms with Crippen LogP contribution in [0.15, 0.2) is 35.9 Å². The second-order valence-corrected chi connectivity index (χ2v) is 5.82. The Morgan fingerprint density at radius 3 is 2.62 bits per heavy atom. The van der Waals surface area contributed by atoms with E-state index in [0.717, 1.165) is 6.92 Å². The lowest BCUT2D eigenvalue weighted by atomic mass is 9.91. The van der Waals surface area contributed by atoms with Gasteiger partial charge in [0.15, 0.2) is 0 Å². The molecule has 0 N–H and O–H groups in total. The number of ketones is 1. The standard InChI is InChI=1S/C17H16FNO5/c1-10(20)23-14-15(22)17(2,11-6-3-4-7-12(11)18)24-16(14)19-9-5-8-13(19)21/h3-4,6-7H,5,8-9H2,1-2H3. The van der Waals surface area contributed by atoms with E-state index in [0.29, 0.717) is 19.4 Å². The smallest absolute Gasteiger partial charge is 0.308 e. The summed E-state index contributed by atoms with van der Waals surface area (Å²) in [5, 5.41) is 0. The van der Waals surface area contributed by atoms with Crippen LogP contribution in [0.25, 0.3) is 0 Å². The number of esters is 1. The van der Waals surface area contributed by atoms with E-state index in [1.807, 2.05) is 0 Å². The molecule has 2 aliphatic rings. The first-order chi connectivity index (χ1) is 11.3. The van der Waals surface area contributed by atoms with Crippen molar-refractivity contribution in [3.05, 3.63) is 47.3 Å². The van der Waals surface area contributed by atoms with Crippen LogP contribution in [0.3, 0.4) is 0 Å². The highest BCUT2D eigenvalue weighted by molar-refractivity contribution is 6.05. The van der Waals surface area contributed by atoms with Gasteiger partial charge in [0, 0.05) is 25.5 Å². The molecule has 0 saturated carbocycles. The highest BCUT2D eigenvalue weighted by Gasteiger charge is 2.53. The number of nitrogens with zero attached hydrogens (tertiary/aromatic N) is 1. The van der Waals surface area contributed by atoms with Gasteiger partial charge >= 0.3 is 5.97 Å². The van der Waals surface area contributed by atoms with E-state index in [9.17, 15) is 18.8 Å². The summed E-state index contributed by atoms with van der Waals surface area (Å²) in [7, 11) is 0. The second kappa shape index (κ2) is 5.74. The fourth-order valence-electron chi connectivity index (χ4n) is 2.90. The van der Waals surface area contributed by atoms with Gasteiger partial charge in [0.1, 0.15) is 5.82 Å². The van der Waals surface area contributed by atoms with Crippen LogP contribution in [0.5, 0.6) is 0 Å². The molecule has 1 unspecified atom stereocenters. The molecule has 1 fully saturated rings. The van der Waals surface area contributed by atoms with Crippen LogP contribution >= 0.6 is 0 Å². The number of hydrogen-bond donors (Lipinski definition) is 0. The number of halogens is 1. The van der Waals surface area contributed by atoms with E-state index >= 15 is 0 Å². The second-order valence-electron chi connectivity index (χ2n) is 5.82. The minimum absolute atomic E-state index is 0.0151. The first-order valence-corrected chi connectivity index (χ1v) is 7.56. The normalized spacial score (nSPS) is 23.7. The first-order valence-electron chi connectivity index (χ1n) is 7.56. The van der Waals surface area contributed by atoms with Gasteiger partial charge in [-0.2, -0.15) is 0 Å².